The summed E-state index contributed by atoms with van der Waals surface area (Å²) in [5.74, 6) is 1.69. The summed E-state index contributed by atoms with van der Waals surface area (Å²) >= 11 is 0. The molecular weight excluding hydrogens is 302 g/mol. The van der Waals surface area contributed by atoms with Crippen LogP contribution < -0.4 is 5.32 Å². The van der Waals surface area contributed by atoms with Gasteiger partial charge in [0, 0.05) is 11.0 Å². The molecule has 0 radical (unpaired) electrons. The van der Waals surface area contributed by atoms with Gasteiger partial charge in [-0.3, -0.25) is 4.79 Å². The lowest BCUT2D eigenvalue weighted by Crippen LogP contribution is -2.60. The van der Waals surface area contributed by atoms with Crippen LogP contribution in [0.15, 0.2) is 30.3 Å². The minimum absolute atomic E-state index is 0.105. The minimum atomic E-state index is -0.524. The zero-order valence-electron chi connectivity index (χ0n) is 14.2. The molecule has 1 N–H and O–H groups in total. The highest BCUT2D eigenvalue weighted by Gasteiger charge is 2.56. The summed E-state index contributed by atoms with van der Waals surface area (Å²) in [6, 6.07) is 8.60. The van der Waals surface area contributed by atoms with Crippen molar-refractivity contribution in [1.82, 2.24) is 5.32 Å². The molecule has 1 amide bonds. The molecule has 4 fully saturated rings. The summed E-state index contributed by atoms with van der Waals surface area (Å²) in [7, 11) is 1.42. The second-order valence-electron chi connectivity index (χ2n) is 8.08. The number of methoxy groups -OCH3 is 1. The lowest BCUT2D eigenvalue weighted by Gasteiger charge is -2.58. The van der Waals surface area contributed by atoms with Gasteiger partial charge >= 0.3 is 5.97 Å². The van der Waals surface area contributed by atoms with Gasteiger partial charge in [0.15, 0.2) is 0 Å². The molecule has 128 valence electrons. The molecule has 0 aliphatic heterocycles. The van der Waals surface area contributed by atoms with E-state index in [0.717, 1.165) is 37.0 Å². The van der Waals surface area contributed by atoms with E-state index in [1.807, 2.05) is 18.2 Å². The quantitative estimate of drug-likeness (QED) is 0.864. The lowest BCUT2D eigenvalue weighted by molar-refractivity contribution is -0.154. The van der Waals surface area contributed by atoms with E-state index in [0.29, 0.717) is 5.56 Å². The fraction of sp³-hybridized carbons (Fsp3) is 0.600. The third-order valence-corrected chi connectivity index (χ3v) is 6.45. The van der Waals surface area contributed by atoms with Gasteiger partial charge in [0.25, 0.3) is 5.91 Å². The zero-order chi connectivity index (χ0) is 16.7. The fourth-order valence-corrected chi connectivity index (χ4v) is 5.92. The number of carbonyl (C=O) groups is 2. The van der Waals surface area contributed by atoms with Crippen LogP contribution >= 0.6 is 0 Å². The topological polar surface area (TPSA) is 55.4 Å². The third-order valence-electron chi connectivity index (χ3n) is 6.45. The molecule has 0 saturated heterocycles. The van der Waals surface area contributed by atoms with Crippen LogP contribution in [-0.4, -0.2) is 25.0 Å². The summed E-state index contributed by atoms with van der Waals surface area (Å²) in [6.45, 7) is 0. The van der Waals surface area contributed by atoms with Gasteiger partial charge in [0.2, 0.25) is 0 Å². The highest BCUT2D eigenvalue weighted by molar-refractivity contribution is 5.97. The monoisotopic (exact) mass is 327 g/mol. The van der Waals surface area contributed by atoms with E-state index in [-0.39, 0.29) is 17.3 Å². The Morgan fingerprint density at radius 1 is 1.04 bits per heavy atom. The van der Waals surface area contributed by atoms with Crippen molar-refractivity contribution in [3.63, 3.8) is 0 Å². The molecule has 0 spiro atoms. The molecule has 1 atom stereocenters. The molecule has 4 aliphatic rings. The lowest BCUT2D eigenvalue weighted by atomic mass is 9.47. The van der Waals surface area contributed by atoms with Crippen LogP contribution in [0.4, 0.5) is 0 Å². The molecule has 24 heavy (non-hydrogen) atoms. The van der Waals surface area contributed by atoms with Crippen molar-refractivity contribution in [3.05, 3.63) is 35.9 Å². The van der Waals surface area contributed by atoms with Crippen LogP contribution in [0.1, 0.15) is 48.9 Å². The second kappa shape index (κ2) is 5.91. The Morgan fingerprint density at radius 2 is 1.58 bits per heavy atom. The second-order valence-corrected chi connectivity index (χ2v) is 8.08. The molecule has 4 saturated carbocycles. The van der Waals surface area contributed by atoms with E-state index in [9.17, 15) is 9.59 Å². The van der Waals surface area contributed by atoms with Gasteiger partial charge in [-0.25, -0.2) is 4.79 Å². The van der Waals surface area contributed by atoms with Gasteiger partial charge in [0.05, 0.1) is 7.11 Å². The number of hydrogen-bond donors (Lipinski definition) is 1. The predicted molar refractivity (Wildman–Crippen MR) is 90.3 cm³/mol. The van der Waals surface area contributed by atoms with Crippen molar-refractivity contribution in [2.24, 2.45) is 23.2 Å². The number of nitrogens with one attached hydrogen (secondary N) is 1. The van der Waals surface area contributed by atoms with Gasteiger partial charge in [-0.05, 0) is 68.4 Å². The van der Waals surface area contributed by atoms with Crippen LogP contribution in [0.25, 0.3) is 0 Å². The van der Waals surface area contributed by atoms with Crippen molar-refractivity contribution >= 4 is 11.9 Å². The van der Waals surface area contributed by atoms with Gasteiger partial charge < -0.3 is 10.1 Å². The molecule has 1 aromatic rings. The molecule has 4 aliphatic carbocycles. The van der Waals surface area contributed by atoms with Crippen molar-refractivity contribution in [2.45, 2.75) is 44.6 Å². The van der Waals surface area contributed by atoms with Crippen LogP contribution in [-0.2, 0) is 9.53 Å². The molecule has 5 rings (SSSR count). The highest BCUT2D eigenvalue weighted by atomic mass is 16.5. The average molecular weight is 327 g/mol. The zero-order valence-corrected chi connectivity index (χ0v) is 14.2. The van der Waals surface area contributed by atoms with Crippen LogP contribution in [0.2, 0.25) is 0 Å². The summed E-state index contributed by atoms with van der Waals surface area (Å²) in [5.41, 5.74) is 0.489. The largest absolute Gasteiger partial charge is 0.467 e. The number of amides is 1. The van der Waals surface area contributed by atoms with Gasteiger partial charge in [-0.1, -0.05) is 18.2 Å². The first kappa shape index (κ1) is 15.7. The number of rotatable bonds is 4. The first-order chi connectivity index (χ1) is 11.6. The molecular formula is C20H25NO3. The number of hydrogen-bond acceptors (Lipinski definition) is 3. The Morgan fingerprint density at radius 3 is 2.08 bits per heavy atom. The van der Waals surface area contributed by atoms with E-state index in [2.05, 4.69) is 5.32 Å². The smallest absolute Gasteiger partial charge is 0.328 e. The van der Waals surface area contributed by atoms with E-state index in [1.54, 1.807) is 12.1 Å². The first-order valence-corrected chi connectivity index (χ1v) is 9.03. The Kier molecular flexibility index (Phi) is 3.86. The Bertz CT molecular complexity index is 604. The van der Waals surface area contributed by atoms with Crippen LogP contribution in [0.3, 0.4) is 0 Å². The molecule has 1 aromatic carbocycles. The highest BCUT2D eigenvalue weighted by Crippen LogP contribution is 2.61. The minimum Gasteiger partial charge on any atom is -0.467 e. The average Bonchev–Trinajstić information content (AvgIpc) is 2.58. The van der Waals surface area contributed by atoms with E-state index in [4.69, 9.17) is 4.74 Å². The first-order valence-electron chi connectivity index (χ1n) is 9.03. The fourth-order valence-electron chi connectivity index (χ4n) is 5.92. The van der Waals surface area contributed by atoms with Gasteiger partial charge in [-0.2, -0.15) is 0 Å². The standard InChI is InChI=1S/C20H25NO3/c1-24-19(23)17(21-18(22)16-5-3-2-4-6-16)20-10-13-7-14(11-20)9-15(8-13)12-20/h2-6,13-15,17H,7-12H2,1H3,(H,21,22). The van der Waals surface area contributed by atoms with Crippen molar-refractivity contribution in [3.8, 4) is 0 Å². The third kappa shape index (κ3) is 2.62. The maximum atomic E-state index is 12.6. The molecule has 4 nitrogen and oxygen atoms in total. The normalized spacial score (nSPS) is 34.6. The number of ether oxygens (including phenoxy) is 1. The predicted octanol–water partition coefficient (Wildman–Crippen LogP) is 3.17. The summed E-state index contributed by atoms with van der Waals surface area (Å²) in [5, 5.41) is 3.03. The summed E-state index contributed by atoms with van der Waals surface area (Å²) in [6.07, 6.45) is 7.06. The van der Waals surface area contributed by atoms with Crippen molar-refractivity contribution < 1.29 is 14.3 Å². The molecule has 0 heterocycles. The Labute approximate surface area is 143 Å². The van der Waals surface area contributed by atoms with E-state index >= 15 is 0 Å². The van der Waals surface area contributed by atoms with Gasteiger partial charge in [-0.15, -0.1) is 0 Å². The van der Waals surface area contributed by atoms with Crippen molar-refractivity contribution in [2.75, 3.05) is 7.11 Å². The van der Waals surface area contributed by atoms with Crippen LogP contribution in [0, 0.1) is 23.2 Å². The molecule has 1 unspecified atom stereocenters. The maximum absolute atomic E-state index is 12.6. The van der Waals surface area contributed by atoms with Crippen molar-refractivity contribution in [1.29, 1.82) is 0 Å². The van der Waals surface area contributed by atoms with E-state index < -0.39 is 6.04 Å². The molecule has 4 heteroatoms. The number of benzene rings is 1. The number of esters is 1. The molecule has 4 bridgehead atoms. The summed E-state index contributed by atoms with van der Waals surface area (Å²) < 4.78 is 5.08. The SMILES string of the molecule is COC(=O)C(NC(=O)c1ccccc1)C12CC3CC(CC(C3)C1)C2. The number of carbonyl (C=O) groups excluding carboxylic acids is 2. The van der Waals surface area contributed by atoms with E-state index in [1.165, 1.54) is 26.4 Å². The van der Waals surface area contributed by atoms with Crippen LogP contribution in [0.5, 0.6) is 0 Å². The molecule has 0 aromatic heterocycles. The van der Waals surface area contributed by atoms with Gasteiger partial charge in [0.1, 0.15) is 6.04 Å². The summed E-state index contributed by atoms with van der Waals surface area (Å²) in [4.78, 5) is 25.2. The Hall–Kier alpha value is -1.84. The maximum Gasteiger partial charge on any atom is 0.328 e. The Balaban J connectivity index is 1.60.